The molecule has 1 amide bonds. The molecule has 2 aromatic heterocycles. The molecule has 1 unspecified atom stereocenters. The lowest BCUT2D eigenvalue weighted by molar-refractivity contribution is -0.115. The van der Waals surface area contributed by atoms with Gasteiger partial charge in [-0.05, 0) is 45.0 Å². The molecule has 5 rings (SSSR count). The van der Waals surface area contributed by atoms with Gasteiger partial charge in [0.15, 0.2) is 5.16 Å². The van der Waals surface area contributed by atoms with E-state index in [1.165, 1.54) is 28.2 Å². The molecule has 9 heteroatoms. The smallest absolute Gasteiger partial charge is 0.237 e. The maximum Gasteiger partial charge on any atom is 0.237 e. The second kappa shape index (κ2) is 9.68. The number of aromatic nitrogens is 4. The van der Waals surface area contributed by atoms with E-state index in [2.05, 4.69) is 79.8 Å². The highest BCUT2D eigenvalue weighted by Gasteiger charge is 2.23. The zero-order valence-corrected chi connectivity index (χ0v) is 20.6. The Labute approximate surface area is 203 Å². The van der Waals surface area contributed by atoms with Gasteiger partial charge in [-0.15, -0.1) is 10.2 Å². The molecule has 178 valence electrons. The van der Waals surface area contributed by atoms with Gasteiger partial charge in [0.05, 0.1) is 18.5 Å². The average Bonchev–Trinajstić information content (AvgIpc) is 3.42. The SMILES string of the molecule is CCn1c(SC(C)C(=O)Nc2ccc3c(c2)c2ccccc2n3CC)nnc1N1CCOCC1. The van der Waals surface area contributed by atoms with Crippen LogP contribution in [0.2, 0.25) is 0 Å². The number of amides is 1. The molecular weight excluding hydrogens is 448 g/mol. The first kappa shape index (κ1) is 22.7. The van der Waals surface area contributed by atoms with E-state index in [1.54, 1.807) is 0 Å². The third-order valence-electron chi connectivity index (χ3n) is 6.32. The molecule has 0 aliphatic carbocycles. The molecule has 8 nitrogen and oxygen atoms in total. The Bertz CT molecular complexity index is 1320. The first-order valence-corrected chi connectivity index (χ1v) is 12.7. The predicted octanol–water partition coefficient (Wildman–Crippen LogP) is 4.38. The number of aryl methyl sites for hydroxylation is 1. The number of nitrogens with one attached hydrogen (secondary N) is 1. The number of rotatable bonds is 7. The van der Waals surface area contributed by atoms with Crippen molar-refractivity contribution < 1.29 is 9.53 Å². The number of carbonyl (C=O) groups excluding carboxylic acids is 1. The van der Waals surface area contributed by atoms with Crippen LogP contribution in [0.1, 0.15) is 20.8 Å². The van der Waals surface area contributed by atoms with Crippen LogP contribution in [0.5, 0.6) is 0 Å². The lowest BCUT2D eigenvalue weighted by atomic mass is 10.1. The van der Waals surface area contributed by atoms with Crippen LogP contribution in [-0.2, 0) is 22.6 Å². The molecule has 0 radical (unpaired) electrons. The molecule has 1 aliphatic rings. The zero-order valence-electron chi connectivity index (χ0n) is 19.8. The van der Waals surface area contributed by atoms with Gasteiger partial charge in [-0.25, -0.2) is 0 Å². The van der Waals surface area contributed by atoms with Crippen molar-refractivity contribution in [3.8, 4) is 0 Å². The van der Waals surface area contributed by atoms with Crippen LogP contribution in [0.15, 0.2) is 47.6 Å². The van der Waals surface area contributed by atoms with E-state index in [-0.39, 0.29) is 11.2 Å². The largest absolute Gasteiger partial charge is 0.378 e. The van der Waals surface area contributed by atoms with Gasteiger partial charge in [0.25, 0.3) is 0 Å². The van der Waals surface area contributed by atoms with E-state index in [4.69, 9.17) is 4.74 Å². The van der Waals surface area contributed by atoms with Crippen molar-refractivity contribution in [1.29, 1.82) is 0 Å². The summed E-state index contributed by atoms with van der Waals surface area (Å²) in [4.78, 5) is 15.3. The minimum absolute atomic E-state index is 0.0536. The van der Waals surface area contributed by atoms with Gasteiger partial charge in [-0.2, -0.15) is 0 Å². The Morgan fingerprint density at radius 3 is 2.53 bits per heavy atom. The Balaban J connectivity index is 1.34. The summed E-state index contributed by atoms with van der Waals surface area (Å²) in [6, 6.07) is 14.5. The molecule has 1 N–H and O–H groups in total. The minimum Gasteiger partial charge on any atom is -0.378 e. The fourth-order valence-electron chi connectivity index (χ4n) is 4.57. The summed E-state index contributed by atoms with van der Waals surface area (Å²) in [5.41, 5.74) is 3.19. The number of benzene rings is 2. The van der Waals surface area contributed by atoms with Crippen LogP contribution < -0.4 is 10.2 Å². The van der Waals surface area contributed by atoms with Gasteiger partial charge in [-0.1, -0.05) is 30.0 Å². The Kier molecular flexibility index (Phi) is 6.47. The number of morpholine rings is 1. The van der Waals surface area contributed by atoms with Crippen molar-refractivity contribution in [2.75, 3.05) is 36.5 Å². The summed E-state index contributed by atoms with van der Waals surface area (Å²) in [6.07, 6.45) is 0. The molecule has 34 heavy (non-hydrogen) atoms. The average molecular weight is 479 g/mol. The molecule has 1 aliphatic heterocycles. The highest BCUT2D eigenvalue weighted by molar-refractivity contribution is 8.00. The van der Waals surface area contributed by atoms with Gasteiger partial charge < -0.3 is 19.5 Å². The van der Waals surface area contributed by atoms with Gasteiger partial charge in [-0.3, -0.25) is 9.36 Å². The van der Waals surface area contributed by atoms with Crippen molar-refractivity contribution >= 4 is 51.1 Å². The standard InChI is InChI=1S/C25H30N6O2S/c1-4-30-21-9-7-6-8-19(21)20-16-18(10-11-22(20)30)26-23(32)17(3)34-25-28-27-24(31(25)5-2)29-12-14-33-15-13-29/h6-11,16-17H,4-5,12-15H2,1-3H3,(H,26,32). The minimum atomic E-state index is -0.320. The van der Waals surface area contributed by atoms with Crippen molar-refractivity contribution in [1.82, 2.24) is 19.3 Å². The topological polar surface area (TPSA) is 77.2 Å². The van der Waals surface area contributed by atoms with Gasteiger partial charge in [0.1, 0.15) is 0 Å². The van der Waals surface area contributed by atoms with E-state index in [0.29, 0.717) is 13.2 Å². The normalized spacial score (nSPS) is 15.2. The maximum absolute atomic E-state index is 13.1. The molecule has 1 atom stereocenters. The summed E-state index contributed by atoms with van der Waals surface area (Å²) in [5, 5.41) is 14.7. The quantitative estimate of drug-likeness (QED) is 0.397. The van der Waals surface area contributed by atoms with E-state index < -0.39 is 0 Å². The Morgan fingerprint density at radius 2 is 1.76 bits per heavy atom. The van der Waals surface area contributed by atoms with Crippen LogP contribution >= 0.6 is 11.8 Å². The van der Waals surface area contributed by atoms with E-state index in [1.807, 2.05) is 13.0 Å². The number of hydrogen-bond donors (Lipinski definition) is 1. The molecule has 1 fully saturated rings. The lowest BCUT2D eigenvalue weighted by Gasteiger charge is -2.27. The molecule has 3 heterocycles. The molecule has 2 aromatic carbocycles. The summed E-state index contributed by atoms with van der Waals surface area (Å²) >= 11 is 1.44. The Morgan fingerprint density at radius 1 is 1.03 bits per heavy atom. The highest BCUT2D eigenvalue weighted by atomic mass is 32.2. The number of thioether (sulfide) groups is 1. The molecular formula is C25H30N6O2S. The van der Waals surface area contributed by atoms with E-state index in [9.17, 15) is 4.79 Å². The molecule has 4 aromatic rings. The van der Waals surface area contributed by atoms with Gasteiger partial charge in [0.2, 0.25) is 11.9 Å². The van der Waals surface area contributed by atoms with Crippen LogP contribution in [0.3, 0.4) is 0 Å². The molecule has 0 saturated carbocycles. The summed E-state index contributed by atoms with van der Waals surface area (Å²) < 4.78 is 9.83. The zero-order chi connectivity index (χ0) is 23.7. The first-order chi connectivity index (χ1) is 16.6. The third kappa shape index (κ3) is 4.14. The van der Waals surface area contributed by atoms with Crippen LogP contribution in [0, 0.1) is 0 Å². The predicted molar refractivity (Wildman–Crippen MR) is 138 cm³/mol. The van der Waals surface area contributed by atoms with Gasteiger partial charge >= 0.3 is 0 Å². The number of nitrogens with zero attached hydrogens (tertiary/aromatic N) is 5. The molecule has 1 saturated heterocycles. The fraction of sp³-hybridized carbons (Fsp3) is 0.400. The summed E-state index contributed by atoms with van der Waals surface area (Å²) in [6.45, 7) is 10.8. The van der Waals surface area contributed by atoms with Gasteiger partial charge in [0, 0.05) is 53.7 Å². The number of anilines is 2. The monoisotopic (exact) mass is 478 g/mol. The number of para-hydroxylation sites is 1. The summed E-state index contributed by atoms with van der Waals surface area (Å²) in [7, 11) is 0. The number of ether oxygens (including phenoxy) is 1. The molecule has 0 spiro atoms. The van der Waals surface area contributed by atoms with Crippen molar-refractivity contribution in [3.63, 3.8) is 0 Å². The van der Waals surface area contributed by atoms with E-state index >= 15 is 0 Å². The highest BCUT2D eigenvalue weighted by Crippen LogP contribution is 2.32. The Hall–Kier alpha value is -3.04. The van der Waals surface area contributed by atoms with Crippen molar-refractivity contribution in [2.45, 2.75) is 44.3 Å². The lowest BCUT2D eigenvalue weighted by Crippen LogP contribution is -2.38. The second-order valence-corrected chi connectivity index (χ2v) is 9.68. The molecule has 0 bridgehead atoms. The van der Waals surface area contributed by atoms with E-state index in [0.717, 1.165) is 48.4 Å². The maximum atomic E-state index is 13.1. The second-order valence-electron chi connectivity index (χ2n) is 8.37. The summed E-state index contributed by atoms with van der Waals surface area (Å²) in [5.74, 6) is 0.792. The number of hydrogen-bond acceptors (Lipinski definition) is 6. The fourth-order valence-corrected chi connectivity index (χ4v) is 5.48. The van der Waals surface area contributed by atoms with Crippen LogP contribution in [0.4, 0.5) is 11.6 Å². The third-order valence-corrected chi connectivity index (χ3v) is 7.40. The van der Waals surface area contributed by atoms with Crippen molar-refractivity contribution in [2.24, 2.45) is 0 Å². The van der Waals surface area contributed by atoms with Crippen LogP contribution in [-0.4, -0.2) is 56.8 Å². The van der Waals surface area contributed by atoms with Crippen molar-refractivity contribution in [3.05, 3.63) is 42.5 Å². The number of fused-ring (bicyclic) bond motifs is 3. The number of carbonyl (C=O) groups is 1. The first-order valence-electron chi connectivity index (χ1n) is 11.8. The van der Waals surface area contributed by atoms with Crippen LogP contribution in [0.25, 0.3) is 21.8 Å².